The van der Waals surface area contributed by atoms with E-state index >= 15 is 0 Å². The Balaban J connectivity index is 1.59. The molecule has 1 fully saturated rings. The maximum Gasteiger partial charge on any atom is 0.243 e. The molecule has 1 aliphatic heterocycles. The summed E-state index contributed by atoms with van der Waals surface area (Å²) in [5, 5.41) is 0.886. The smallest absolute Gasteiger partial charge is 0.243 e. The second-order valence-corrected chi connectivity index (χ2v) is 12.1. The maximum absolute atomic E-state index is 13.4. The second-order valence-electron chi connectivity index (χ2n) is 9.22. The predicted octanol–water partition coefficient (Wildman–Crippen LogP) is 5.57. The number of ether oxygens (including phenoxy) is 2. The van der Waals surface area contributed by atoms with Crippen LogP contribution in [0.15, 0.2) is 52.5 Å². The second kappa shape index (κ2) is 12.4. The van der Waals surface area contributed by atoms with Crippen LogP contribution in [-0.4, -0.2) is 55.2 Å². The van der Waals surface area contributed by atoms with Crippen LogP contribution in [0.1, 0.15) is 45.6 Å². The third-order valence-electron chi connectivity index (χ3n) is 6.42. The van der Waals surface area contributed by atoms with E-state index in [9.17, 15) is 8.42 Å². The molecule has 0 bridgehead atoms. The lowest BCUT2D eigenvalue weighted by Crippen LogP contribution is -2.39. The van der Waals surface area contributed by atoms with Gasteiger partial charge in [-0.1, -0.05) is 30.8 Å². The minimum Gasteiger partial charge on any atom is -0.494 e. The van der Waals surface area contributed by atoms with Crippen LogP contribution in [0, 0.1) is 5.92 Å². The molecule has 7 nitrogen and oxygen atoms in total. The van der Waals surface area contributed by atoms with E-state index in [1.807, 2.05) is 32.0 Å². The molecule has 3 aromatic rings. The number of thioether (sulfide) groups is 1. The van der Waals surface area contributed by atoms with Crippen LogP contribution in [0.2, 0.25) is 0 Å². The van der Waals surface area contributed by atoms with E-state index in [4.69, 9.17) is 14.5 Å². The molecule has 0 unspecified atom stereocenters. The standard InChI is InChI=1S/C27H37N3O4S2/c1-4-33-17-7-16-30-26-14-13-24(36(31,32)29-15-6-8-21(3)19-29)18-25(26)28-27(30)35-20-22-9-11-23(12-10-22)34-5-2/h9-14,18,21H,4-8,15-17,19-20H2,1-3H3/t21-/m0/s1. The number of nitrogens with zero attached hydrogens (tertiary/aromatic N) is 3. The molecule has 0 spiro atoms. The topological polar surface area (TPSA) is 73.7 Å². The molecular weight excluding hydrogens is 494 g/mol. The van der Waals surface area contributed by atoms with Crippen molar-refractivity contribution in [2.75, 3.05) is 32.9 Å². The molecule has 2 heterocycles. The summed E-state index contributed by atoms with van der Waals surface area (Å²) in [6, 6.07) is 13.5. The molecule has 0 amide bonds. The number of imidazole rings is 1. The molecule has 1 aromatic heterocycles. The van der Waals surface area contributed by atoms with E-state index < -0.39 is 10.0 Å². The Morgan fingerprint density at radius 1 is 1.11 bits per heavy atom. The molecule has 1 atom stereocenters. The zero-order valence-electron chi connectivity index (χ0n) is 21.5. The average molecular weight is 532 g/mol. The summed E-state index contributed by atoms with van der Waals surface area (Å²) in [5.41, 5.74) is 2.84. The summed E-state index contributed by atoms with van der Waals surface area (Å²) in [6.45, 7) is 10.0. The molecule has 9 heteroatoms. The van der Waals surface area contributed by atoms with Gasteiger partial charge in [-0.05, 0) is 74.9 Å². The number of benzene rings is 2. The number of hydrogen-bond donors (Lipinski definition) is 0. The Hall–Kier alpha value is -2.07. The first-order valence-corrected chi connectivity index (χ1v) is 15.3. The van der Waals surface area contributed by atoms with Crippen LogP contribution >= 0.6 is 11.8 Å². The summed E-state index contributed by atoms with van der Waals surface area (Å²) in [5.74, 6) is 2.01. The van der Waals surface area contributed by atoms with Crippen molar-refractivity contribution in [2.24, 2.45) is 5.92 Å². The van der Waals surface area contributed by atoms with Crippen LogP contribution in [-0.2, 0) is 27.1 Å². The number of fused-ring (bicyclic) bond motifs is 1. The van der Waals surface area contributed by atoms with Gasteiger partial charge < -0.3 is 14.0 Å². The highest BCUT2D eigenvalue weighted by Gasteiger charge is 2.29. The van der Waals surface area contributed by atoms with Gasteiger partial charge in [0.15, 0.2) is 5.16 Å². The van der Waals surface area contributed by atoms with E-state index in [-0.39, 0.29) is 0 Å². The lowest BCUT2D eigenvalue weighted by atomic mass is 10.0. The minimum absolute atomic E-state index is 0.325. The Morgan fingerprint density at radius 2 is 1.92 bits per heavy atom. The van der Waals surface area contributed by atoms with Crippen LogP contribution in [0.4, 0.5) is 0 Å². The molecule has 4 rings (SSSR count). The Labute approximate surface area is 219 Å². The maximum atomic E-state index is 13.4. The van der Waals surface area contributed by atoms with Crippen molar-refractivity contribution in [3.05, 3.63) is 48.0 Å². The molecule has 1 saturated heterocycles. The van der Waals surface area contributed by atoms with E-state index in [0.717, 1.165) is 48.0 Å². The van der Waals surface area contributed by atoms with Gasteiger partial charge in [0, 0.05) is 38.6 Å². The van der Waals surface area contributed by atoms with Gasteiger partial charge in [0.05, 0.1) is 22.5 Å². The molecular formula is C27H37N3O4S2. The van der Waals surface area contributed by atoms with Crippen molar-refractivity contribution >= 4 is 32.8 Å². The summed E-state index contributed by atoms with van der Waals surface area (Å²) in [6.07, 6.45) is 2.84. The third-order valence-corrected chi connectivity index (χ3v) is 9.33. The Kier molecular flexibility index (Phi) is 9.33. The van der Waals surface area contributed by atoms with Crippen LogP contribution < -0.4 is 4.74 Å². The molecule has 0 N–H and O–H groups in total. The van der Waals surface area contributed by atoms with Gasteiger partial charge in [0.2, 0.25) is 10.0 Å². The average Bonchev–Trinajstić information content (AvgIpc) is 3.23. The van der Waals surface area contributed by atoms with Crippen molar-refractivity contribution in [2.45, 2.75) is 62.4 Å². The van der Waals surface area contributed by atoms with Crippen LogP contribution in [0.3, 0.4) is 0 Å². The number of rotatable bonds is 12. The van der Waals surface area contributed by atoms with E-state index in [1.54, 1.807) is 28.2 Å². The van der Waals surface area contributed by atoms with Crippen LogP contribution in [0.25, 0.3) is 11.0 Å². The summed E-state index contributed by atoms with van der Waals surface area (Å²) < 4.78 is 41.6. The molecule has 0 saturated carbocycles. The molecule has 36 heavy (non-hydrogen) atoms. The monoisotopic (exact) mass is 531 g/mol. The lowest BCUT2D eigenvalue weighted by Gasteiger charge is -2.30. The zero-order valence-corrected chi connectivity index (χ0v) is 23.1. The zero-order chi connectivity index (χ0) is 25.5. The van der Waals surface area contributed by atoms with E-state index in [2.05, 4.69) is 23.6 Å². The molecule has 0 aliphatic carbocycles. The van der Waals surface area contributed by atoms with Crippen molar-refractivity contribution in [1.29, 1.82) is 0 Å². The van der Waals surface area contributed by atoms with Gasteiger partial charge in [-0.3, -0.25) is 0 Å². The van der Waals surface area contributed by atoms with E-state index in [0.29, 0.717) is 49.2 Å². The number of sulfonamides is 1. The van der Waals surface area contributed by atoms with Crippen molar-refractivity contribution in [3.63, 3.8) is 0 Å². The molecule has 196 valence electrons. The fourth-order valence-corrected chi connectivity index (χ4v) is 7.17. The van der Waals surface area contributed by atoms with Crippen molar-refractivity contribution in [3.8, 4) is 5.75 Å². The SMILES string of the molecule is CCOCCCn1c(SCc2ccc(OCC)cc2)nc2cc(S(=O)(=O)N3CCC[C@H](C)C3)ccc21. The fourth-order valence-electron chi connectivity index (χ4n) is 4.55. The van der Waals surface area contributed by atoms with Gasteiger partial charge in [-0.25, -0.2) is 13.4 Å². The van der Waals surface area contributed by atoms with Crippen molar-refractivity contribution in [1.82, 2.24) is 13.9 Å². The normalized spacial score (nSPS) is 17.0. The van der Waals surface area contributed by atoms with Gasteiger partial charge in [0.25, 0.3) is 0 Å². The Morgan fingerprint density at radius 3 is 2.64 bits per heavy atom. The fraction of sp³-hybridized carbons (Fsp3) is 0.519. The number of hydrogen-bond acceptors (Lipinski definition) is 6. The van der Waals surface area contributed by atoms with Crippen LogP contribution in [0.5, 0.6) is 5.75 Å². The molecule has 1 aliphatic rings. The first-order chi connectivity index (χ1) is 17.4. The molecule has 0 radical (unpaired) electrons. The number of aryl methyl sites for hydroxylation is 1. The van der Waals surface area contributed by atoms with Gasteiger partial charge in [-0.15, -0.1) is 0 Å². The first-order valence-electron chi connectivity index (χ1n) is 12.8. The minimum atomic E-state index is -3.53. The number of piperidine rings is 1. The third kappa shape index (κ3) is 6.43. The summed E-state index contributed by atoms with van der Waals surface area (Å²) in [4.78, 5) is 5.21. The first kappa shape index (κ1) is 27.0. The predicted molar refractivity (Wildman–Crippen MR) is 145 cm³/mol. The highest BCUT2D eigenvalue weighted by molar-refractivity contribution is 7.98. The van der Waals surface area contributed by atoms with Gasteiger partial charge in [0.1, 0.15) is 5.75 Å². The van der Waals surface area contributed by atoms with E-state index in [1.165, 1.54) is 5.56 Å². The summed E-state index contributed by atoms with van der Waals surface area (Å²) >= 11 is 1.66. The molecule has 2 aromatic carbocycles. The highest BCUT2D eigenvalue weighted by Crippen LogP contribution is 2.31. The van der Waals surface area contributed by atoms with Crippen molar-refractivity contribution < 1.29 is 17.9 Å². The summed E-state index contributed by atoms with van der Waals surface area (Å²) in [7, 11) is -3.53. The number of aromatic nitrogens is 2. The quantitative estimate of drug-likeness (QED) is 0.225. The van der Waals surface area contributed by atoms with Gasteiger partial charge in [-0.2, -0.15) is 4.31 Å². The highest BCUT2D eigenvalue weighted by atomic mass is 32.2. The lowest BCUT2D eigenvalue weighted by molar-refractivity contribution is 0.141. The largest absolute Gasteiger partial charge is 0.494 e. The Bertz CT molecular complexity index is 1240. The van der Waals surface area contributed by atoms with Gasteiger partial charge >= 0.3 is 0 Å².